The van der Waals surface area contributed by atoms with E-state index in [4.69, 9.17) is 23.2 Å². The van der Waals surface area contributed by atoms with Gasteiger partial charge in [0, 0.05) is 16.9 Å². The van der Waals surface area contributed by atoms with Crippen molar-refractivity contribution in [3.8, 4) is 0 Å². The Hall–Kier alpha value is -1.71. The largest absolute Gasteiger partial charge is 0.337 e. The summed E-state index contributed by atoms with van der Waals surface area (Å²) in [5.41, 5.74) is 2.11. The Kier molecular flexibility index (Phi) is 6.75. The maximum atomic E-state index is 12.1. The first kappa shape index (κ1) is 17.6. The second-order valence-corrected chi connectivity index (χ2v) is 6.61. The van der Waals surface area contributed by atoms with Crippen LogP contribution in [0.4, 0.5) is 4.79 Å². The Bertz CT molecular complexity index is 632. The molecule has 5 heteroatoms. The molecule has 0 saturated heterocycles. The van der Waals surface area contributed by atoms with Crippen LogP contribution >= 0.6 is 23.2 Å². The molecule has 0 fully saturated rings. The number of hydrogen-bond donors (Lipinski definition) is 2. The SMILES string of the molecule is CC(Cl)CNC(=O)NC(Cc1cccc(Cl)c1)c1ccccc1. The number of carbonyl (C=O) groups is 1. The predicted molar refractivity (Wildman–Crippen MR) is 96.2 cm³/mol. The average Bonchev–Trinajstić information content (AvgIpc) is 2.53. The number of nitrogens with one attached hydrogen (secondary N) is 2. The summed E-state index contributed by atoms with van der Waals surface area (Å²) in [6, 6.07) is 17.2. The summed E-state index contributed by atoms with van der Waals surface area (Å²) in [4.78, 5) is 12.1. The summed E-state index contributed by atoms with van der Waals surface area (Å²) in [7, 11) is 0. The number of rotatable bonds is 6. The van der Waals surface area contributed by atoms with Gasteiger partial charge >= 0.3 is 6.03 Å². The van der Waals surface area contributed by atoms with E-state index in [0.717, 1.165) is 11.1 Å². The first-order valence-corrected chi connectivity index (χ1v) is 8.34. The Labute approximate surface area is 147 Å². The predicted octanol–water partition coefficient (Wildman–Crippen LogP) is 4.55. The van der Waals surface area contributed by atoms with Crippen molar-refractivity contribution in [2.45, 2.75) is 24.8 Å². The zero-order valence-corrected chi connectivity index (χ0v) is 14.4. The quantitative estimate of drug-likeness (QED) is 0.737. The lowest BCUT2D eigenvalue weighted by molar-refractivity contribution is 0.237. The van der Waals surface area contributed by atoms with Crippen LogP contribution in [0.1, 0.15) is 24.1 Å². The normalized spacial score (nSPS) is 13.2. The van der Waals surface area contributed by atoms with Gasteiger partial charge in [0.2, 0.25) is 0 Å². The van der Waals surface area contributed by atoms with Gasteiger partial charge in [-0.25, -0.2) is 4.79 Å². The molecule has 2 atom stereocenters. The van der Waals surface area contributed by atoms with Crippen LogP contribution in [0.2, 0.25) is 5.02 Å². The van der Waals surface area contributed by atoms with E-state index in [0.29, 0.717) is 18.0 Å². The molecule has 0 aliphatic heterocycles. The molecule has 2 unspecified atom stereocenters. The van der Waals surface area contributed by atoms with E-state index in [2.05, 4.69) is 10.6 Å². The Morgan fingerprint density at radius 3 is 2.52 bits per heavy atom. The first-order valence-electron chi connectivity index (χ1n) is 7.52. The van der Waals surface area contributed by atoms with Crippen LogP contribution in [0.15, 0.2) is 54.6 Å². The zero-order valence-electron chi connectivity index (χ0n) is 12.9. The minimum absolute atomic E-state index is 0.108. The number of amides is 2. The second-order valence-electron chi connectivity index (χ2n) is 5.43. The highest BCUT2D eigenvalue weighted by atomic mass is 35.5. The highest BCUT2D eigenvalue weighted by molar-refractivity contribution is 6.30. The second kappa shape index (κ2) is 8.80. The smallest absolute Gasteiger partial charge is 0.315 e. The van der Waals surface area contributed by atoms with Crippen molar-refractivity contribution in [3.05, 3.63) is 70.7 Å². The average molecular weight is 351 g/mol. The lowest BCUT2D eigenvalue weighted by atomic mass is 9.99. The van der Waals surface area contributed by atoms with Crippen LogP contribution in [-0.2, 0) is 6.42 Å². The van der Waals surface area contributed by atoms with Gasteiger partial charge in [-0.1, -0.05) is 54.1 Å². The highest BCUT2D eigenvalue weighted by Crippen LogP contribution is 2.20. The first-order chi connectivity index (χ1) is 11.0. The van der Waals surface area contributed by atoms with Gasteiger partial charge in [0.25, 0.3) is 0 Å². The minimum Gasteiger partial charge on any atom is -0.337 e. The molecule has 0 radical (unpaired) electrons. The number of alkyl halides is 1. The van der Waals surface area contributed by atoms with Gasteiger partial charge in [0.1, 0.15) is 0 Å². The fraction of sp³-hybridized carbons (Fsp3) is 0.278. The van der Waals surface area contributed by atoms with E-state index in [1.807, 2.05) is 61.5 Å². The van der Waals surface area contributed by atoms with Gasteiger partial charge in [-0.15, -0.1) is 11.6 Å². The van der Waals surface area contributed by atoms with Crippen molar-refractivity contribution in [3.63, 3.8) is 0 Å². The summed E-state index contributed by atoms with van der Waals surface area (Å²) in [5, 5.41) is 6.36. The minimum atomic E-state index is -0.228. The number of urea groups is 1. The highest BCUT2D eigenvalue weighted by Gasteiger charge is 2.15. The van der Waals surface area contributed by atoms with Crippen molar-refractivity contribution in [2.24, 2.45) is 0 Å². The van der Waals surface area contributed by atoms with Crippen molar-refractivity contribution in [1.29, 1.82) is 0 Å². The van der Waals surface area contributed by atoms with Gasteiger partial charge in [0.05, 0.1) is 6.04 Å². The summed E-state index contributed by atoms with van der Waals surface area (Å²) in [5.74, 6) is 0. The molecule has 23 heavy (non-hydrogen) atoms. The maximum Gasteiger partial charge on any atom is 0.315 e. The van der Waals surface area contributed by atoms with Gasteiger partial charge in [-0.3, -0.25) is 0 Å². The molecule has 2 N–H and O–H groups in total. The van der Waals surface area contributed by atoms with Crippen molar-refractivity contribution in [1.82, 2.24) is 10.6 Å². The monoisotopic (exact) mass is 350 g/mol. The maximum absolute atomic E-state index is 12.1. The fourth-order valence-electron chi connectivity index (χ4n) is 2.28. The van der Waals surface area contributed by atoms with E-state index in [1.54, 1.807) is 0 Å². The number of benzene rings is 2. The van der Waals surface area contributed by atoms with Gasteiger partial charge in [-0.05, 0) is 36.6 Å². The fourth-order valence-corrected chi connectivity index (χ4v) is 2.57. The van der Waals surface area contributed by atoms with E-state index in [9.17, 15) is 4.79 Å². The molecule has 0 heterocycles. The number of halogens is 2. The summed E-state index contributed by atoms with van der Waals surface area (Å²) < 4.78 is 0. The lowest BCUT2D eigenvalue weighted by Crippen LogP contribution is -2.40. The molecular weight excluding hydrogens is 331 g/mol. The van der Waals surface area contributed by atoms with Gasteiger partial charge in [0.15, 0.2) is 0 Å². The van der Waals surface area contributed by atoms with Crippen LogP contribution in [0.5, 0.6) is 0 Å². The molecule has 0 aliphatic rings. The Morgan fingerprint density at radius 2 is 1.87 bits per heavy atom. The molecule has 2 aromatic rings. The van der Waals surface area contributed by atoms with E-state index < -0.39 is 0 Å². The van der Waals surface area contributed by atoms with Crippen molar-refractivity contribution in [2.75, 3.05) is 6.54 Å². The van der Waals surface area contributed by atoms with Crippen LogP contribution < -0.4 is 10.6 Å². The molecule has 2 rings (SSSR count). The zero-order chi connectivity index (χ0) is 16.7. The van der Waals surface area contributed by atoms with Gasteiger partial charge < -0.3 is 10.6 Å². The molecule has 2 amide bonds. The number of hydrogen-bond acceptors (Lipinski definition) is 1. The third-order valence-electron chi connectivity index (χ3n) is 3.38. The van der Waals surface area contributed by atoms with E-state index in [-0.39, 0.29) is 17.5 Å². The third-order valence-corrected chi connectivity index (χ3v) is 3.77. The third kappa shape index (κ3) is 6.12. The molecule has 2 aromatic carbocycles. The molecule has 0 aliphatic carbocycles. The van der Waals surface area contributed by atoms with Crippen molar-refractivity contribution >= 4 is 29.2 Å². The van der Waals surface area contributed by atoms with Crippen LogP contribution in [0.3, 0.4) is 0 Å². The standard InChI is InChI=1S/C18H20Cl2N2O/c1-13(19)12-21-18(23)22-17(15-7-3-2-4-8-15)11-14-6-5-9-16(20)10-14/h2-10,13,17H,11-12H2,1H3,(H2,21,22,23). The van der Waals surface area contributed by atoms with Crippen molar-refractivity contribution < 1.29 is 4.79 Å². The summed E-state index contributed by atoms with van der Waals surface area (Å²) in [6.45, 7) is 2.26. The molecular formula is C18H20Cl2N2O. The van der Waals surface area contributed by atoms with E-state index >= 15 is 0 Å². The lowest BCUT2D eigenvalue weighted by Gasteiger charge is -2.20. The summed E-state index contributed by atoms with van der Waals surface area (Å²) in [6.07, 6.45) is 0.661. The molecule has 122 valence electrons. The van der Waals surface area contributed by atoms with Crippen LogP contribution in [0.25, 0.3) is 0 Å². The Morgan fingerprint density at radius 1 is 1.13 bits per heavy atom. The van der Waals surface area contributed by atoms with Crippen LogP contribution in [0, 0.1) is 0 Å². The number of carbonyl (C=O) groups excluding carboxylic acids is 1. The van der Waals surface area contributed by atoms with Gasteiger partial charge in [-0.2, -0.15) is 0 Å². The molecule has 0 saturated carbocycles. The molecule has 0 aromatic heterocycles. The summed E-state index contributed by atoms with van der Waals surface area (Å²) >= 11 is 11.9. The van der Waals surface area contributed by atoms with Crippen LogP contribution in [-0.4, -0.2) is 18.0 Å². The van der Waals surface area contributed by atoms with E-state index in [1.165, 1.54) is 0 Å². The molecule has 0 spiro atoms. The Balaban J connectivity index is 2.11. The topological polar surface area (TPSA) is 41.1 Å². The molecule has 0 bridgehead atoms. The molecule has 3 nitrogen and oxygen atoms in total.